The fourth-order valence-corrected chi connectivity index (χ4v) is 2.80. The third-order valence-corrected chi connectivity index (χ3v) is 4.08. The molecule has 2 amide bonds. The molecule has 0 spiro atoms. The summed E-state index contributed by atoms with van der Waals surface area (Å²) in [6.45, 7) is 4.07. The summed E-state index contributed by atoms with van der Waals surface area (Å²) in [5.41, 5.74) is 1.04. The Morgan fingerprint density at radius 1 is 0.962 bits per heavy atom. The Labute approximate surface area is 151 Å². The largest absolute Gasteiger partial charge is 0.461 e. The zero-order chi connectivity index (χ0) is 18.4. The molecule has 0 heterocycles. The molecule has 0 fully saturated rings. The van der Waals surface area contributed by atoms with Crippen molar-refractivity contribution >= 4 is 33.5 Å². The number of carbonyl (C=O) groups excluding carboxylic acids is 2. The van der Waals surface area contributed by atoms with E-state index in [1.807, 2.05) is 24.3 Å². The summed E-state index contributed by atoms with van der Waals surface area (Å²) in [7, 11) is 0. The van der Waals surface area contributed by atoms with Crippen LogP contribution < -0.4 is 10.6 Å². The minimum absolute atomic E-state index is 0.110. The third kappa shape index (κ3) is 4.19. The second-order valence-electron chi connectivity index (χ2n) is 5.82. The second-order valence-corrected chi connectivity index (χ2v) is 5.82. The van der Waals surface area contributed by atoms with Gasteiger partial charge in [0.15, 0.2) is 0 Å². The van der Waals surface area contributed by atoms with Crippen molar-refractivity contribution in [1.82, 2.24) is 10.6 Å². The molecule has 0 aromatic heterocycles. The van der Waals surface area contributed by atoms with E-state index < -0.39 is 5.97 Å². The number of ether oxygens (including phenoxy) is 1. The Morgan fingerprint density at radius 2 is 1.69 bits per heavy atom. The Bertz CT molecular complexity index is 966. The van der Waals surface area contributed by atoms with Gasteiger partial charge in [0.2, 0.25) is 0 Å². The van der Waals surface area contributed by atoms with Crippen LogP contribution in [-0.2, 0) is 16.1 Å². The Morgan fingerprint density at radius 3 is 2.46 bits per heavy atom. The maximum absolute atomic E-state index is 11.9. The average Bonchev–Trinajstić information content (AvgIpc) is 2.67. The fourth-order valence-electron chi connectivity index (χ4n) is 2.80. The molecule has 0 bridgehead atoms. The molecule has 2 N–H and O–H groups in total. The van der Waals surface area contributed by atoms with Crippen molar-refractivity contribution in [3.63, 3.8) is 0 Å². The molecule has 132 valence electrons. The van der Waals surface area contributed by atoms with E-state index in [-0.39, 0.29) is 19.2 Å². The molecule has 0 aliphatic carbocycles. The molecule has 3 aromatic carbocycles. The predicted octanol–water partition coefficient (Wildman–Crippen LogP) is 3.52. The summed E-state index contributed by atoms with van der Waals surface area (Å²) in [5, 5.41) is 10.1. The van der Waals surface area contributed by atoms with Gasteiger partial charge in [-0.15, -0.1) is 0 Å². The molecular weight excluding hydrogens is 328 g/mol. The minimum atomic E-state index is -0.504. The molecule has 0 unspecified atom stereocenters. The number of hydrogen-bond acceptors (Lipinski definition) is 3. The van der Waals surface area contributed by atoms with Gasteiger partial charge >= 0.3 is 12.0 Å². The van der Waals surface area contributed by atoms with Crippen molar-refractivity contribution in [2.45, 2.75) is 6.54 Å². The lowest BCUT2D eigenvalue weighted by Gasteiger charge is -2.11. The first-order chi connectivity index (χ1) is 12.7. The van der Waals surface area contributed by atoms with E-state index in [4.69, 9.17) is 4.74 Å². The number of nitrogens with one attached hydrogen (secondary N) is 2. The van der Waals surface area contributed by atoms with Crippen LogP contribution in [0.2, 0.25) is 0 Å². The van der Waals surface area contributed by atoms with E-state index in [0.29, 0.717) is 6.54 Å². The number of amides is 2. The van der Waals surface area contributed by atoms with Crippen LogP contribution in [0.1, 0.15) is 5.56 Å². The summed E-state index contributed by atoms with van der Waals surface area (Å²) in [5.74, 6) is -0.504. The van der Waals surface area contributed by atoms with Crippen LogP contribution in [-0.4, -0.2) is 25.2 Å². The highest BCUT2D eigenvalue weighted by Gasteiger charge is 2.05. The van der Waals surface area contributed by atoms with E-state index in [1.54, 1.807) is 0 Å². The maximum atomic E-state index is 11.9. The average molecular weight is 348 g/mol. The van der Waals surface area contributed by atoms with Gasteiger partial charge in [0.1, 0.15) is 6.61 Å². The minimum Gasteiger partial charge on any atom is -0.461 e. The van der Waals surface area contributed by atoms with Gasteiger partial charge in [-0.2, -0.15) is 0 Å². The molecule has 0 radical (unpaired) electrons. The van der Waals surface area contributed by atoms with Crippen LogP contribution in [0.4, 0.5) is 4.79 Å². The van der Waals surface area contributed by atoms with Gasteiger partial charge in [-0.25, -0.2) is 9.59 Å². The van der Waals surface area contributed by atoms with E-state index in [2.05, 4.69) is 47.5 Å². The SMILES string of the molecule is C=CC(=O)OCCNC(=O)NCc1cccc2cc3ccccc3cc12. The summed E-state index contributed by atoms with van der Waals surface area (Å²) < 4.78 is 4.80. The Kier molecular flexibility index (Phi) is 5.49. The van der Waals surface area contributed by atoms with Crippen LogP contribution >= 0.6 is 0 Å². The predicted molar refractivity (Wildman–Crippen MR) is 103 cm³/mol. The number of carbonyl (C=O) groups is 2. The topological polar surface area (TPSA) is 67.4 Å². The molecule has 5 heteroatoms. The van der Waals surface area contributed by atoms with E-state index in [0.717, 1.165) is 22.4 Å². The first kappa shape index (κ1) is 17.5. The maximum Gasteiger partial charge on any atom is 0.330 e. The molecule has 0 saturated heterocycles. The Hall–Kier alpha value is -3.34. The lowest BCUT2D eigenvalue weighted by atomic mass is 10.00. The zero-order valence-electron chi connectivity index (χ0n) is 14.3. The van der Waals surface area contributed by atoms with Crippen LogP contribution in [0, 0.1) is 0 Å². The van der Waals surface area contributed by atoms with E-state index >= 15 is 0 Å². The summed E-state index contributed by atoms with van der Waals surface area (Å²) >= 11 is 0. The second kappa shape index (κ2) is 8.16. The normalized spacial score (nSPS) is 10.5. The first-order valence-corrected chi connectivity index (χ1v) is 8.38. The van der Waals surface area contributed by atoms with Crippen molar-refractivity contribution in [1.29, 1.82) is 0 Å². The van der Waals surface area contributed by atoms with Gasteiger partial charge in [0, 0.05) is 12.6 Å². The van der Waals surface area contributed by atoms with E-state index in [9.17, 15) is 9.59 Å². The van der Waals surface area contributed by atoms with Crippen molar-refractivity contribution in [3.8, 4) is 0 Å². The lowest BCUT2D eigenvalue weighted by Crippen LogP contribution is -2.37. The van der Waals surface area contributed by atoms with Gasteiger partial charge in [0.25, 0.3) is 0 Å². The molecular formula is C21H20N2O3. The quantitative estimate of drug-likeness (QED) is 0.310. The van der Waals surface area contributed by atoms with Crippen LogP contribution in [0.3, 0.4) is 0 Å². The number of esters is 1. The molecule has 0 atom stereocenters. The van der Waals surface area contributed by atoms with Crippen LogP contribution in [0.25, 0.3) is 21.5 Å². The lowest BCUT2D eigenvalue weighted by molar-refractivity contribution is -0.137. The molecule has 0 aliphatic heterocycles. The van der Waals surface area contributed by atoms with E-state index in [1.165, 1.54) is 10.8 Å². The highest BCUT2D eigenvalue weighted by atomic mass is 16.5. The van der Waals surface area contributed by atoms with Crippen LogP contribution in [0.5, 0.6) is 0 Å². The number of benzene rings is 3. The van der Waals surface area contributed by atoms with Gasteiger partial charge in [-0.05, 0) is 39.2 Å². The highest BCUT2D eigenvalue weighted by Crippen LogP contribution is 2.25. The van der Waals surface area contributed by atoms with Gasteiger partial charge in [-0.3, -0.25) is 0 Å². The molecule has 0 saturated carbocycles. The summed E-state index contributed by atoms with van der Waals surface area (Å²) in [6.07, 6.45) is 1.09. The zero-order valence-corrected chi connectivity index (χ0v) is 14.3. The van der Waals surface area contributed by atoms with Crippen LogP contribution in [0.15, 0.2) is 67.3 Å². The Balaban J connectivity index is 1.63. The van der Waals surface area contributed by atoms with Crippen molar-refractivity contribution in [2.75, 3.05) is 13.2 Å². The summed E-state index contributed by atoms with van der Waals surface area (Å²) in [6, 6.07) is 18.3. The molecule has 0 aliphatic rings. The monoisotopic (exact) mass is 348 g/mol. The molecule has 5 nitrogen and oxygen atoms in total. The van der Waals surface area contributed by atoms with Gasteiger partial charge in [-0.1, -0.05) is 49.0 Å². The fraction of sp³-hybridized carbons (Fsp3) is 0.143. The highest BCUT2D eigenvalue weighted by molar-refractivity contribution is 5.99. The smallest absolute Gasteiger partial charge is 0.330 e. The molecule has 26 heavy (non-hydrogen) atoms. The van der Waals surface area contributed by atoms with Gasteiger partial charge < -0.3 is 15.4 Å². The van der Waals surface area contributed by atoms with Gasteiger partial charge in [0.05, 0.1) is 6.54 Å². The first-order valence-electron chi connectivity index (χ1n) is 8.38. The summed E-state index contributed by atoms with van der Waals surface area (Å²) in [4.78, 5) is 22.8. The number of urea groups is 1. The molecule has 3 rings (SSSR count). The standard InChI is InChI=1S/C21H20N2O3/c1-2-20(24)26-11-10-22-21(25)23-14-18-9-5-8-17-12-15-6-3-4-7-16(15)13-19(17)18/h2-9,12-13H,1,10-11,14H2,(H2,22,23,25). The van der Waals surface area contributed by atoms with Crippen molar-refractivity contribution in [2.24, 2.45) is 0 Å². The third-order valence-electron chi connectivity index (χ3n) is 4.08. The van der Waals surface area contributed by atoms with Crippen molar-refractivity contribution < 1.29 is 14.3 Å². The number of rotatable bonds is 6. The number of hydrogen-bond donors (Lipinski definition) is 2. The molecule has 3 aromatic rings. The number of fused-ring (bicyclic) bond motifs is 2. The van der Waals surface area contributed by atoms with Crippen molar-refractivity contribution in [3.05, 3.63) is 72.8 Å².